The zero-order chi connectivity index (χ0) is 13.8. The smallest absolute Gasteiger partial charge is 0.339 e. The Morgan fingerprint density at radius 2 is 2.22 bits per heavy atom. The topological polar surface area (TPSA) is 69.7 Å². The van der Waals surface area contributed by atoms with E-state index in [1.54, 1.807) is 6.92 Å². The molecule has 0 amide bonds. The standard InChI is InChI=1S/C10H13ClO5S2/c1-3-15-5-7(2)16-10(12)8-4-9(17-6-8)18(11,13)14/h4,6-7H,3,5H2,1-2H3. The highest BCUT2D eigenvalue weighted by molar-refractivity contribution is 8.15. The van der Waals surface area contributed by atoms with Crippen molar-refractivity contribution in [2.24, 2.45) is 0 Å². The largest absolute Gasteiger partial charge is 0.457 e. The highest BCUT2D eigenvalue weighted by atomic mass is 35.7. The third-order valence-electron chi connectivity index (χ3n) is 1.92. The van der Waals surface area contributed by atoms with Crippen molar-refractivity contribution >= 4 is 37.0 Å². The predicted octanol–water partition coefficient (Wildman–Crippen LogP) is 2.26. The lowest BCUT2D eigenvalue weighted by molar-refractivity contribution is 0.00443. The van der Waals surface area contributed by atoms with Crippen LogP contribution in [0.15, 0.2) is 15.7 Å². The number of esters is 1. The third kappa shape index (κ3) is 4.56. The Morgan fingerprint density at radius 3 is 2.72 bits per heavy atom. The van der Waals surface area contributed by atoms with E-state index in [-0.39, 0.29) is 9.77 Å². The summed E-state index contributed by atoms with van der Waals surface area (Å²) >= 11 is 0.878. The fourth-order valence-corrected chi connectivity index (χ4v) is 3.06. The number of hydrogen-bond donors (Lipinski definition) is 0. The summed E-state index contributed by atoms with van der Waals surface area (Å²) in [4.78, 5) is 11.6. The van der Waals surface area contributed by atoms with Gasteiger partial charge in [0.1, 0.15) is 10.3 Å². The first-order valence-corrected chi connectivity index (χ1v) is 8.35. The number of rotatable bonds is 6. The monoisotopic (exact) mass is 312 g/mol. The Balaban J connectivity index is 2.65. The maximum atomic E-state index is 11.6. The molecule has 0 fully saturated rings. The van der Waals surface area contributed by atoms with Crippen molar-refractivity contribution in [3.8, 4) is 0 Å². The first-order valence-electron chi connectivity index (χ1n) is 5.16. The van der Waals surface area contributed by atoms with Crippen molar-refractivity contribution in [1.29, 1.82) is 0 Å². The van der Waals surface area contributed by atoms with E-state index < -0.39 is 21.1 Å². The Bertz CT molecular complexity index is 508. The molecule has 0 saturated carbocycles. The van der Waals surface area contributed by atoms with E-state index in [9.17, 15) is 13.2 Å². The van der Waals surface area contributed by atoms with E-state index >= 15 is 0 Å². The van der Waals surface area contributed by atoms with Crippen LogP contribution in [-0.2, 0) is 18.5 Å². The summed E-state index contributed by atoms with van der Waals surface area (Å²) in [6, 6.07) is 1.20. The minimum atomic E-state index is -3.80. The first kappa shape index (κ1) is 15.4. The van der Waals surface area contributed by atoms with Crippen LogP contribution in [0.4, 0.5) is 0 Å². The predicted molar refractivity (Wildman–Crippen MR) is 68.7 cm³/mol. The molecule has 102 valence electrons. The van der Waals surface area contributed by atoms with E-state index in [0.29, 0.717) is 13.2 Å². The molecule has 0 aliphatic carbocycles. The molecule has 5 nitrogen and oxygen atoms in total. The van der Waals surface area contributed by atoms with Gasteiger partial charge in [-0.2, -0.15) is 0 Å². The van der Waals surface area contributed by atoms with Crippen molar-refractivity contribution in [3.63, 3.8) is 0 Å². The van der Waals surface area contributed by atoms with Gasteiger partial charge in [0.05, 0.1) is 12.2 Å². The number of carbonyl (C=O) groups excluding carboxylic acids is 1. The summed E-state index contributed by atoms with van der Waals surface area (Å²) in [6.07, 6.45) is -0.395. The van der Waals surface area contributed by atoms with Gasteiger partial charge in [-0.3, -0.25) is 0 Å². The summed E-state index contributed by atoms with van der Waals surface area (Å²) in [5.74, 6) is -0.593. The minimum absolute atomic E-state index is 0.0754. The second kappa shape index (κ2) is 6.51. The molecule has 1 unspecified atom stereocenters. The maximum absolute atomic E-state index is 11.6. The first-order chi connectivity index (χ1) is 8.34. The molecule has 0 aromatic carbocycles. The van der Waals surface area contributed by atoms with Gasteiger partial charge in [-0.15, -0.1) is 11.3 Å². The van der Waals surface area contributed by atoms with Crippen LogP contribution in [-0.4, -0.2) is 33.7 Å². The highest BCUT2D eigenvalue weighted by Crippen LogP contribution is 2.24. The van der Waals surface area contributed by atoms with Crippen molar-refractivity contribution in [2.45, 2.75) is 24.2 Å². The average Bonchev–Trinajstić information content (AvgIpc) is 2.75. The third-order valence-corrected chi connectivity index (χ3v) is 4.96. The van der Waals surface area contributed by atoms with Crippen LogP contribution < -0.4 is 0 Å². The molecule has 0 aliphatic rings. The molecule has 0 bridgehead atoms. The van der Waals surface area contributed by atoms with Crippen molar-refractivity contribution in [3.05, 3.63) is 17.0 Å². The molecule has 1 heterocycles. The second-order valence-electron chi connectivity index (χ2n) is 3.47. The lowest BCUT2D eigenvalue weighted by Gasteiger charge is -2.11. The van der Waals surface area contributed by atoms with Crippen LogP contribution in [0.5, 0.6) is 0 Å². The van der Waals surface area contributed by atoms with Crippen LogP contribution >= 0.6 is 22.0 Å². The van der Waals surface area contributed by atoms with Gasteiger partial charge in [0.15, 0.2) is 0 Å². The van der Waals surface area contributed by atoms with Gasteiger partial charge in [-0.05, 0) is 19.9 Å². The SMILES string of the molecule is CCOCC(C)OC(=O)c1csc(S(=O)(=O)Cl)c1. The van der Waals surface area contributed by atoms with Gasteiger partial charge < -0.3 is 9.47 Å². The molecule has 18 heavy (non-hydrogen) atoms. The van der Waals surface area contributed by atoms with Crippen LogP contribution in [0, 0.1) is 0 Å². The molecule has 0 saturated heterocycles. The molecule has 1 aromatic heterocycles. The van der Waals surface area contributed by atoms with Crippen LogP contribution in [0.1, 0.15) is 24.2 Å². The molecule has 8 heteroatoms. The van der Waals surface area contributed by atoms with Gasteiger partial charge in [0, 0.05) is 22.7 Å². The molecular formula is C10H13ClO5S2. The number of halogens is 1. The summed E-state index contributed by atoms with van der Waals surface area (Å²) < 4.78 is 32.2. The van der Waals surface area contributed by atoms with E-state index in [2.05, 4.69) is 0 Å². The van der Waals surface area contributed by atoms with Crippen molar-refractivity contribution < 1.29 is 22.7 Å². The molecule has 1 atom stereocenters. The lowest BCUT2D eigenvalue weighted by Crippen LogP contribution is -2.20. The number of thiophene rings is 1. The Kier molecular flexibility index (Phi) is 5.58. The maximum Gasteiger partial charge on any atom is 0.339 e. The second-order valence-corrected chi connectivity index (χ2v) is 7.17. The molecular weight excluding hydrogens is 300 g/mol. The summed E-state index contributed by atoms with van der Waals surface area (Å²) in [5, 5.41) is 1.39. The molecule has 0 spiro atoms. The Morgan fingerprint density at radius 1 is 1.56 bits per heavy atom. The van der Waals surface area contributed by atoms with E-state index in [1.165, 1.54) is 11.4 Å². The van der Waals surface area contributed by atoms with Crippen LogP contribution in [0.3, 0.4) is 0 Å². The summed E-state index contributed by atoms with van der Waals surface area (Å²) in [7, 11) is 1.36. The normalized spacial score (nSPS) is 13.3. The van der Waals surface area contributed by atoms with Gasteiger partial charge in [0.25, 0.3) is 9.05 Å². The van der Waals surface area contributed by atoms with E-state index in [4.69, 9.17) is 20.2 Å². The molecule has 0 aliphatic heterocycles. The average molecular weight is 313 g/mol. The van der Waals surface area contributed by atoms with E-state index in [0.717, 1.165) is 11.3 Å². The highest BCUT2D eigenvalue weighted by Gasteiger charge is 2.18. The Labute approximate surface area is 114 Å². The molecule has 1 rings (SSSR count). The summed E-state index contributed by atoms with van der Waals surface area (Å²) in [5.41, 5.74) is 0.169. The van der Waals surface area contributed by atoms with Crippen molar-refractivity contribution in [1.82, 2.24) is 0 Å². The fourth-order valence-electron chi connectivity index (χ4n) is 1.12. The van der Waals surface area contributed by atoms with E-state index in [1.807, 2.05) is 6.92 Å². The zero-order valence-electron chi connectivity index (χ0n) is 9.88. The quantitative estimate of drug-likeness (QED) is 0.595. The Hall–Kier alpha value is -0.630. The van der Waals surface area contributed by atoms with Crippen molar-refractivity contribution in [2.75, 3.05) is 13.2 Å². The number of carbonyl (C=O) groups is 1. The molecule has 0 N–H and O–H groups in total. The molecule has 0 radical (unpaired) electrons. The van der Waals surface area contributed by atoms with Crippen LogP contribution in [0.2, 0.25) is 0 Å². The van der Waals surface area contributed by atoms with Gasteiger partial charge >= 0.3 is 5.97 Å². The summed E-state index contributed by atoms with van der Waals surface area (Å²) in [6.45, 7) is 4.37. The number of ether oxygens (including phenoxy) is 2. The number of hydrogen-bond acceptors (Lipinski definition) is 6. The van der Waals surface area contributed by atoms with Gasteiger partial charge in [0.2, 0.25) is 0 Å². The van der Waals surface area contributed by atoms with Gasteiger partial charge in [-0.25, -0.2) is 13.2 Å². The van der Waals surface area contributed by atoms with Gasteiger partial charge in [-0.1, -0.05) is 0 Å². The molecule has 1 aromatic rings. The minimum Gasteiger partial charge on any atom is -0.457 e. The zero-order valence-corrected chi connectivity index (χ0v) is 12.3. The lowest BCUT2D eigenvalue weighted by atomic mass is 10.3. The van der Waals surface area contributed by atoms with Crippen LogP contribution in [0.25, 0.3) is 0 Å². The fraction of sp³-hybridized carbons (Fsp3) is 0.500.